The number of hydrogen-bond acceptors (Lipinski definition) is 0. The number of benzene rings is 1. The van der Waals surface area contributed by atoms with Crippen LogP contribution in [0.2, 0.25) is 12.6 Å². The van der Waals surface area contributed by atoms with Crippen molar-refractivity contribution in [1.29, 1.82) is 0 Å². The molecule has 0 radical (unpaired) electrons. The first-order valence-corrected chi connectivity index (χ1v) is 12.6. The van der Waals surface area contributed by atoms with Crippen LogP contribution in [0.25, 0.3) is 0 Å². The Bertz CT molecular complexity index is 286. The molecule has 1 heteroatoms. The Morgan fingerprint density at radius 2 is 1.50 bits per heavy atom. The van der Waals surface area contributed by atoms with Crippen LogP contribution in [-0.4, -0.2) is 20.2 Å². The van der Waals surface area contributed by atoms with Crippen molar-refractivity contribution in [3.63, 3.8) is 0 Å². The number of rotatable bonds is 9. The Morgan fingerprint density at radius 3 is 2.00 bits per heavy atom. The van der Waals surface area contributed by atoms with Crippen molar-refractivity contribution < 1.29 is 0 Å². The van der Waals surface area contributed by atoms with Gasteiger partial charge >= 0.3 is 122 Å². The van der Waals surface area contributed by atoms with Gasteiger partial charge in [0.2, 0.25) is 0 Å². The normalized spacial score (nSPS) is 12.9. The van der Waals surface area contributed by atoms with Crippen molar-refractivity contribution in [1.82, 2.24) is 0 Å². The van der Waals surface area contributed by atoms with Crippen LogP contribution < -0.4 is 0 Å². The van der Waals surface area contributed by atoms with E-state index >= 15 is 0 Å². The van der Waals surface area contributed by atoms with Crippen LogP contribution in [0.5, 0.6) is 0 Å². The van der Waals surface area contributed by atoms with E-state index < -0.39 is 20.2 Å². The van der Waals surface area contributed by atoms with E-state index in [0.717, 1.165) is 3.86 Å². The van der Waals surface area contributed by atoms with Gasteiger partial charge in [-0.25, -0.2) is 0 Å². The average Bonchev–Trinajstić information content (AvgIpc) is 2.40. The monoisotopic (exact) mass is 354 g/mol. The van der Waals surface area contributed by atoms with Crippen molar-refractivity contribution in [2.45, 2.75) is 65.5 Å². The quantitative estimate of drug-likeness (QED) is 0.498. The van der Waals surface area contributed by atoms with Gasteiger partial charge in [-0.05, 0) is 0 Å². The molecule has 0 saturated carbocycles. The molecule has 0 saturated heterocycles. The third-order valence-corrected chi connectivity index (χ3v) is 12.8. The van der Waals surface area contributed by atoms with E-state index in [2.05, 4.69) is 51.1 Å². The molecule has 0 bridgehead atoms. The zero-order chi connectivity index (χ0) is 13.2. The average molecular weight is 355 g/mol. The minimum atomic E-state index is -0.998. The minimum absolute atomic E-state index is 0.998. The summed E-state index contributed by atoms with van der Waals surface area (Å²) < 4.78 is 4.22. The van der Waals surface area contributed by atoms with Gasteiger partial charge in [-0.15, -0.1) is 0 Å². The van der Waals surface area contributed by atoms with Crippen LogP contribution in [0, 0.1) is 0 Å². The molecular formula is C17H29Sb. The predicted molar refractivity (Wildman–Crippen MR) is 84.8 cm³/mol. The van der Waals surface area contributed by atoms with Crippen molar-refractivity contribution in [2.75, 3.05) is 0 Å². The molecule has 0 heterocycles. The van der Waals surface area contributed by atoms with E-state index in [-0.39, 0.29) is 0 Å². The summed E-state index contributed by atoms with van der Waals surface area (Å²) in [4.78, 5) is 0. The second-order valence-corrected chi connectivity index (χ2v) is 13.7. The Balaban J connectivity index is 2.49. The van der Waals surface area contributed by atoms with Gasteiger partial charge < -0.3 is 0 Å². The van der Waals surface area contributed by atoms with Crippen molar-refractivity contribution in [2.24, 2.45) is 0 Å². The summed E-state index contributed by atoms with van der Waals surface area (Å²) >= 11 is -0.998. The molecular weight excluding hydrogens is 326 g/mol. The zero-order valence-electron chi connectivity index (χ0n) is 12.4. The van der Waals surface area contributed by atoms with Crippen LogP contribution in [0.4, 0.5) is 0 Å². The SMILES string of the molecule is CCC[CH2][Sb]([CH2]CCC)[CH](C)Cc1ccccc1. The van der Waals surface area contributed by atoms with Crippen LogP contribution in [0.3, 0.4) is 0 Å². The fraction of sp³-hybridized carbons (Fsp3) is 0.647. The second kappa shape index (κ2) is 9.90. The van der Waals surface area contributed by atoms with Crippen LogP contribution in [-0.2, 0) is 6.42 Å². The number of hydrogen-bond donors (Lipinski definition) is 0. The van der Waals surface area contributed by atoms with Crippen LogP contribution >= 0.6 is 0 Å². The van der Waals surface area contributed by atoms with E-state index in [1.165, 1.54) is 32.1 Å². The Morgan fingerprint density at radius 1 is 0.944 bits per heavy atom. The summed E-state index contributed by atoms with van der Waals surface area (Å²) in [5, 5.41) is 0. The molecule has 102 valence electrons. The summed E-state index contributed by atoms with van der Waals surface area (Å²) in [6.45, 7) is 7.20. The van der Waals surface area contributed by atoms with E-state index in [4.69, 9.17) is 0 Å². The summed E-state index contributed by atoms with van der Waals surface area (Å²) in [6, 6.07) is 11.1. The molecule has 0 nitrogen and oxygen atoms in total. The van der Waals surface area contributed by atoms with E-state index in [1.807, 2.05) is 0 Å². The Kier molecular flexibility index (Phi) is 8.85. The predicted octanol–water partition coefficient (Wildman–Crippen LogP) is 5.71. The van der Waals surface area contributed by atoms with Crippen LogP contribution in [0.15, 0.2) is 30.3 Å². The molecule has 0 aliphatic heterocycles. The van der Waals surface area contributed by atoms with Crippen molar-refractivity contribution in [3.05, 3.63) is 35.9 Å². The number of unbranched alkanes of at least 4 members (excludes halogenated alkanes) is 2. The Labute approximate surface area is 121 Å². The molecule has 0 fully saturated rings. The first-order chi connectivity index (χ1) is 8.77. The maximum absolute atomic E-state index is 2.53. The van der Waals surface area contributed by atoms with E-state index in [1.54, 1.807) is 14.3 Å². The molecule has 1 rings (SSSR count). The van der Waals surface area contributed by atoms with Gasteiger partial charge in [0.25, 0.3) is 0 Å². The maximum atomic E-state index is 2.53. The second-order valence-electron chi connectivity index (χ2n) is 5.28. The molecule has 1 atom stereocenters. The first kappa shape index (κ1) is 16.1. The fourth-order valence-corrected chi connectivity index (χ4v) is 11.0. The van der Waals surface area contributed by atoms with Gasteiger partial charge in [0.05, 0.1) is 0 Å². The molecule has 0 spiro atoms. The molecule has 18 heavy (non-hydrogen) atoms. The third kappa shape index (κ3) is 6.28. The zero-order valence-corrected chi connectivity index (χ0v) is 14.9. The first-order valence-electron chi connectivity index (χ1n) is 7.55. The molecule has 1 unspecified atom stereocenters. The standard InChI is InChI=1S/C9H11.2C4H9.Sb/c1-2-6-9-7-4-3-5-8-9;2*1-3-4-2;/h2-5,7-8H,6H2,1H3;2*1,3-4H2,2H3;. The van der Waals surface area contributed by atoms with E-state index in [9.17, 15) is 0 Å². The van der Waals surface area contributed by atoms with Crippen LogP contribution in [0.1, 0.15) is 52.0 Å². The molecule has 0 aliphatic carbocycles. The summed E-state index contributed by atoms with van der Waals surface area (Å²) in [5.74, 6) is 0. The third-order valence-electron chi connectivity index (χ3n) is 3.60. The Hall–Kier alpha value is 0.0382. The molecule has 0 aromatic heterocycles. The van der Waals surface area contributed by atoms with Crippen molar-refractivity contribution in [3.8, 4) is 0 Å². The topological polar surface area (TPSA) is 0 Å². The van der Waals surface area contributed by atoms with Gasteiger partial charge in [0.1, 0.15) is 0 Å². The molecule has 1 aromatic rings. The molecule has 0 amide bonds. The van der Waals surface area contributed by atoms with Gasteiger partial charge in [-0.2, -0.15) is 0 Å². The van der Waals surface area contributed by atoms with E-state index in [0.29, 0.717) is 0 Å². The fourth-order valence-electron chi connectivity index (χ4n) is 2.36. The summed E-state index contributed by atoms with van der Waals surface area (Å²) in [5.41, 5.74) is 1.55. The summed E-state index contributed by atoms with van der Waals surface area (Å²) in [6.07, 6.45) is 7.05. The summed E-state index contributed by atoms with van der Waals surface area (Å²) in [7, 11) is 0. The van der Waals surface area contributed by atoms with Gasteiger partial charge in [0, 0.05) is 0 Å². The van der Waals surface area contributed by atoms with Gasteiger partial charge in [0.15, 0.2) is 0 Å². The molecule has 0 N–H and O–H groups in total. The van der Waals surface area contributed by atoms with Gasteiger partial charge in [-0.1, -0.05) is 0 Å². The van der Waals surface area contributed by atoms with Gasteiger partial charge in [-0.3, -0.25) is 0 Å². The molecule has 0 aliphatic rings. The van der Waals surface area contributed by atoms with Crippen molar-refractivity contribution >= 4 is 20.2 Å². The molecule has 1 aromatic carbocycles.